The molecule has 4 nitrogen and oxygen atoms in total. The molecule has 3 N–H and O–H groups in total. The molecular weight excluding hydrogens is 257 g/mol. The van der Waals surface area contributed by atoms with Gasteiger partial charge in [-0.2, -0.15) is 13.2 Å². The molecule has 0 aliphatic carbocycles. The van der Waals surface area contributed by atoms with Gasteiger partial charge in [0, 0.05) is 30.8 Å². The number of nitrogens with two attached hydrogens (primary N) is 1. The molecule has 0 amide bonds. The molecule has 0 bridgehead atoms. The third kappa shape index (κ3) is 2.98. The third-order valence-corrected chi connectivity index (χ3v) is 2.71. The third-order valence-electron chi connectivity index (χ3n) is 2.71. The van der Waals surface area contributed by atoms with Crippen molar-refractivity contribution in [2.24, 2.45) is 7.05 Å². The van der Waals surface area contributed by atoms with Crippen molar-refractivity contribution in [2.75, 3.05) is 11.1 Å². The van der Waals surface area contributed by atoms with Gasteiger partial charge in [0.25, 0.3) is 0 Å². The fraction of sp³-hybridized carbons (Fsp3) is 0.250. The Balaban J connectivity index is 2.23. The predicted molar refractivity (Wildman–Crippen MR) is 66.4 cm³/mol. The first-order valence-electron chi connectivity index (χ1n) is 5.54. The fourth-order valence-electron chi connectivity index (χ4n) is 1.69. The highest BCUT2D eigenvalue weighted by molar-refractivity contribution is 5.59. The van der Waals surface area contributed by atoms with Crippen LogP contribution < -0.4 is 11.1 Å². The van der Waals surface area contributed by atoms with Gasteiger partial charge < -0.3 is 15.6 Å². The summed E-state index contributed by atoms with van der Waals surface area (Å²) in [6, 6.07) is 3.66. The number of hydrogen-bond donors (Lipinski definition) is 2. The molecular formula is C12H13F3N4. The van der Waals surface area contributed by atoms with E-state index < -0.39 is 11.7 Å². The summed E-state index contributed by atoms with van der Waals surface area (Å²) in [5.74, 6) is 0.643. The molecule has 0 aliphatic heterocycles. The van der Waals surface area contributed by atoms with Crippen LogP contribution in [0.15, 0.2) is 30.6 Å². The maximum atomic E-state index is 12.9. The molecule has 0 aliphatic rings. The number of hydrogen-bond acceptors (Lipinski definition) is 3. The van der Waals surface area contributed by atoms with Crippen LogP contribution in [0.2, 0.25) is 0 Å². The second-order valence-corrected chi connectivity index (χ2v) is 4.11. The zero-order valence-corrected chi connectivity index (χ0v) is 10.2. The minimum absolute atomic E-state index is 0.00954. The molecule has 19 heavy (non-hydrogen) atoms. The van der Waals surface area contributed by atoms with Crippen LogP contribution in [0.25, 0.3) is 0 Å². The van der Waals surface area contributed by atoms with E-state index in [0.29, 0.717) is 5.82 Å². The predicted octanol–water partition coefficient (Wildman–Crippen LogP) is 2.63. The van der Waals surface area contributed by atoms with Crippen LogP contribution in [0.5, 0.6) is 0 Å². The Bertz CT molecular complexity index is 575. The van der Waals surface area contributed by atoms with E-state index in [-0.39, 0.29) is 17.9 Å². The Hall–Kier alpha value is -2.18. The van der Waals surface area contributed by atoms with Gasteiger partial charge in [-0.05, 0) is 18.2 Å². The van der Waals surface area contributed by atoms with Gasteiger partial charge in [-0.1, -0.05) is 0 Å². The van der Waals surface area contributed by atoms with Gasteiger partial charge in [0.05, 0.1) is 12.1 Å². The topological polar surface area (TPSA) is 55.9 Å². The van der Waals surface area contributed by atoms with Crippen molar-refractivity contribution in [2.45, 2.75) is 12.7 Å². The van der Waals surface area contributed by atoms with E-state index in [1.165, 1.54) is 12.1 Å². The summed E-state index contributed by atoms with van der Waals surface area (Å²) in [4.78, 5) is 4.03. The highest BCUT2D eigenvalue weighted by atomic mass is 19.4. The molecule has 102 valence electrons. The number of halogens is 3. The van der Waals surface area contributed by atoms with Crippen LogP contribution in [-0.2, 0) is 19.8 Å². The molecule has 1 aromatic heterocycles. The minimum atomic E-state index is -4.45. The first-order chi connectivity index (χ1) is 8.88. The van der Waals surface area contributed by atoms with Crippen molar-refractivity contribution in [3.8, 4) is 0 Å². The van der Waals surface area contributed by atoms with Gasteiger partial charge in [0.15, 0.2) is 0 Å². The summed E-state index contributed by atoms with van der Waals surface area (Å²) in [5, 5.41) is 2.73. The second kappa shape index (κ2) is 4.83. The average molecular weight is 270 g/mol. The van der Waals surface area contributed by atoms with E-state index in [9.17, 15) is 13.2 Å². The van der Waals surface area contributed by atoms with Crippen molar-refractivity contribution in [3.63, 3.8) is 0 Å². The van der Waals surface area contributed by atoms with E-state index in [1.54, 1.807) is 24.0 Å². The average Bonchev–Trinajstić information content (AvgIpc) is 2.72. The first-order valence-corrected chi connectivity index (χ1v) is 5.54. The van der Waals surface area contributed by atoms with E-state index in [4.69, 9.17) is 5.73 Å². The molecule has 0 unspecified atom stereocenters. The maximum absolute atomic E-state index is 12.9. The van der Waals surface area contributed by atoms with Gasteiger partial charge in [-0.25, -0.2) is 4.98 Å². The Morgan fingerprint density at radius 1 is 1.37 bits per heavy atom. The number of nitrogens with zero attached hydrogens (tertiary/aromatic N) is 2. The number of rotatable bonds is 3. The van der Waals surface area contributed by atoms with Gasteiger partial charge in [0.2, 0.25) is 0 Å². The van der Waals surface area contributed by atoms with Crippen molar-refractivity contribution in [1.29, 1.82) is 0 Å². The van der Waals surface area contributed by atoms with Crippen LogP contribution in [0.1, 0.15) is 11.4 Å². The van der Waals surface area contributed by atoms with Crippen molar-refractivity contribution >= 4 is 11.4 Å². The number of benzene rings is 1. The number of nitrogens with one attached hydrogen (secondary N) is 1. The summed E-state index contributed by atoms with van der Waals surface area (Å²) in [5.41, 5.74) is 4.69. The lowest BCUT2D eigenvalue weighted by Gasteiger charge is -2.15. The lowest BCUT2D eigenvalue weighted by molar-refractivity contribution is -0.136. The monoisotopic (exact) mass is 270 g/mol. The van der Waals surface area contributed by atoms with E-state index in [1.807, 2.05) is 0 Å². The lowest BCUT2D eigenvalue weighted by Crippen LogP contribution is -2.13. The molecule has 0 saturated heterocycles. The normalized spacial score (nSPS) is 11.6. The molecule has 7 heteroatoms. The summed E-state index contributed by atoms with van der Waals surface area (Å²) in [7, 11) is 1.78. The van der Waals surface area contributed by atoms with Crippen molar-refractivity contribution in [3.05, 3.63) is 42.0 Å². The molecule has 1 heterocycles. The highest BCUT2D eigenvalue weighted by Gasteiger charge is 2.33. The van der Waals surface area contributed by atoms with Crippen molar-refractivity contribution < 1.29 is 13.2 Å². The number of alkyl halides is 3. The van der Waals surface area contributed by atoms with Crippen LogP contribution in [-0.4, -0.2) is 9.55 Å². The summed E-state index contributed by atoms with van der Waals surface area (Å²) < 4.78 is 40.3. The quantitative estimate of drug-likeness (QED) is 0.843. The Kier molecular flexibility index (Phi) is 3.37. The van der Waals surface area contributed by atoms with E-state index in [0.717, 1.165) is 6.07 Å². The largest absolute Gasteiger partial charge is 0.418 e. The smallest absolute Gasteiger partial charge is 0.399 e. The standard InChI is InChI=1S/C12H13F3N4/c1-19-5-4-17-11(19)7-18-10-3-2-8(16)6-9(10)12(13,14)15/h2-6,18H,7,16H2,1H3. The number of nitrogen functional groups attached to an aromatic ring is 1. The first kappa shape index (κ1) is 13.3. The SMILES string of the molecule is Cn1ccnc1CNc1ccc(N)cc1C(F)(F)F. The highest BCUT2D eigenvalue weighted by Crippen LogP contribution is 2.36. The zero-order valence-electron chi connectivity index (χ0n) is 10.2. The van der Waals surface area contributed by atoms with Gasteiger partial charge in [-0.3, -0.25) is 0 Å². The molecule has 2 rings (SSSR count). The molecule has 0 spiro atoms. The van der Waals surface area contributed by atoms with Crippen LogP contribution in [0.3, 0.4) is 0 Å². The molecule has 0 atom stereocenters. The van der Waals surface area contributed by atoms with Crippen LogP contribution in [0.4, 0.5) is 24.5 Å². The number of anilines is 2. The van der Waals surface area contributed by atoms with E-state index in [2.05, 4.69) is 10.3 Å². The molecule has 0 radical (unpaired) electrons. The minimum Gasteiger partial charge on any atom is -0.399 e. The maximum Gasteiger partial charge on any atom is 0.418 e. The van der Waals surface area contributed by atoms with Crippen molar-refractivity contribution in [1.82, 2.24) is 9.55 Å². The summed E-state index contributed by atoms with van der Waals surface area (Å²) >= 11 is 0. The van der Waals surface area contributed by atoms with Crippen LogP contribution in [0, 0.1) is 0 Å². The second-order valence-electron chi connectivity index (χ2n) is 4.11. The molecule has 1 aromatic carbocycles. The number of imidazole rings is 1. The Morgan fingerprint density at radius 2 is 2.11 bits per heavy atom. The molecule has 0 saturated carbocycles. The summed E-state index contributed by atoms with van der Waals surface area (Å²) in [6.45, 7) is 0.205. The van der Waals surface area contributed by atoms with Gasteiger partial charge in [-0.15, -0.1) is 0 Å². The molecule has 2 aromatic rings. The number of aromatic nitrogens is 2. The van der Waals surface area contributed by atoms with Crippen LogP contribution >= 0.6 is 0 Å². The number of aryl methyl sites for hydroxylation is 1. The lowest BCUT2D eigenvalue weighted by atomic mass is 10.1. The molecule has 0 fully saturated rings. The summed E-state index contributed by atoms with van der Waals surface area (Å²) in [6.07, 6.45) is -1.13. The van der Waals surface area contributed by atoms with Gasteiger partial charge in [0.1, 0.15) is 5.82 Å². The Morgan fingerprint density at radius 3 is 2.68 bits per heavy atom. The Labute approximate surface area is 108 Å². The van der Waals surface area contributed by atoms with Gasteiger partial charge >= 0.3 is 6.18 Å². The zero-order chi connectivity index (χ0) is 14.0. The van der Waals surface area contributed by atoms with E-state index >= 15 is 0 Å². The fourth-order valence-corrected chi connectivity index (χ4v) is 1.69.